The van der Waals surface area contributed by atoms with Gasteiger partial charge in [-0.3, -0.25) is 4.39 Å². The monoisotopic (exact) mass is 492 g/mol. The summed E-state index contributed by atoms with van der Waals surface area (Å²) in [6, 6.07) is 12.4. The van der Waals surface area contributed by atoms with Gasteiger partial charge in [-0.15, -0.1) is 0 Å². The van der Waals surface area contributed by atoms with Crippen molar-refractivity contribution in [1.82, 2.24) is 0 Å². The van der Waals surface area contributed by atoms with Crippen LogP contribution in [-0.2, 0) is 9.47 Å². The third-order valence-electron chi connectivity index (χ3n) is 2.94. The van der Waals surface area contributed by atoms with Crippen LogP contribution in [0.25, 0.3) is 0 Å². The highest BCUT2D eigenvalue weighted by atomic mass is 79.9. The molecule has 0 amide bonds. The van der Waals surface area contributed by atoms with Crippen LogP contribution in [0, 0.1) is 0 Å². The third-order valence-corrected chi connectivity index (χ3v) is 3.24. The molecular formula is C21H27BrF2O6. The summed E-state index contributed by atoms with van der Waals surface area (Å²) < 4.78 is 36.4. The minimum Gasteiger partial charge on any atom is -0.508 e. The van der Waals surface area contributed by atoms with Crippen LogP contribution in [0.5, 0.6) is 11.5 Å². The zero-order valence-electron chi connectivity index (χ0n) is 16.1. The van der Waals surface area contributed by atoms with Crippen LogP contribution in [-0.4, -0.2) is 56.6 Å². The maximum absolute atomic E-state index is 11.8. The topological polar surface area (TPSA) is 82.1 Å². The number of phenolic OH excluding ortho intramolecular Hbond substituents is 1. The van der Waals surface area contributed by atoms with Gasteiger partial charge < -0.3 is 19.3 Å². The van der Waals surface area contributed by atoms with Gasteiger partial charge in [0.25, 0.3) is 0 Å². The van der Waals surface area contributed by atoms with Crippen molar-refractivity contribution in [2.24, 2.45) is 0 Å². The molecule has 0 saturated heterocycles. The molecule has 0 aromatic heterocycles. The van der Waals surface area contributed by atoms with Crippen molar-refractivity contribution >= 4 is 27.9 Å². The highest BCUT2D eigenvalue weighted by Gasteiger charge is 2.05. The quantitative estimate of drug-likeness (QED) is 0.451. The van der Waals surface area contributed by atoms with E-state index in [1.54, 1.807) is 30.3 Å². The van der Waals surface area contributed by atoms with Gasteiger partial charge in [-0.25, -0.2) is 14.0 Å². The normalized spacial score (nSPS) is 8.83. The highest BCUT2D eigenvalue weighted by molar-refractivity contribution is 9.09. The van der Waals surface area contributed by atoms with Crippen LogP contribution in [0.1, 0.15) is 28.1 Å². The van der Waals surface area contributed by atoms with Crippen molar-refractivity contribution in [3.05, 3.63) is 59.7 Å². The Balaban J connectivity index is 0. The average Bonchev–Trinajstić information content (AvgIpc) is 2.77. The van der Waals surface area contributed by atoms with Crippen LogP contribution in [0.15, 0.2) is 48.5 Å². The second-order valence-corrected chi connectivity index (χ2v) is 5.77. The van der Waals surface area contributed by atoms with E-state index in [1.165, 1.54) is 32.4 Å². The van der Waals surface area contributed by atoms with E-state index in [-0.39, 0.29) is 26.5 Å². The molecule has 0 fully saturated rings. The van der Waals surface area contributed by atoms with Gasteiger partial charge in [0.05, 0.1) is 32.0 Å². The molecule has 0 aliphatic carbocycles. The molecule has 2 aromatic carbocycles. The number of hydrogen-bond acceptors (Lipinski definition) is 6. The second kappa shape index (κ2) is 18.4. The molecule has 0 heterocycles. The number of phenols is 1. The summed E-state index contributed by atoms with van der Waals surface area (Å²) in [4.78, 5) is 21.9. The van der Waals surface area contributed by atoms with Crippen molar-refractivity contribution in [3.63, 3.8) is 0 Å². The van der Waals surface area contributed by atoms with E-state index in [9.17, 15) is 18.4 Å². The molecular weight excluding hydrogens is 466 g/mol. The SMILES string of the molecule is C.COC(=O)c1cccc(O)c1.COC(=O)c1cccc(OCCF)c1.FCCBr. The van der Waals surface area contributed by atoms with Crippen LogP contribution in [0.3, 0.4) is 0 Å². The third kappa shape index (κ3) is 12.7. The smallest absolute Gasteiger partial charge is 0.337 e. The predicted octanol–water partition coefficient (Wildman–Crippen LogP) is 4.99. The Labute approximate surface area is 183 Å². The van der Waals surface area contributed by atoms with E-state index in [1.807, 2.05) is 0 Å². The largest absolute Gasteiger partial charge is 0.508 e. The Bertz CT molecular complexity index is 741. The molecule has 0 aliphatic rings. The maximum Gasteiger partial charge on any atom is 0.337 e. The molecule has 0 bridgehead atoms. The number of aromatic hydroxyl groups is 1. The molecule has 30 heavy (non-hydrogen) atoms. The predicted molar refractivity (Wildman–Crippen MR) is 115 cm³/mol. The van der Waals surface area contributed by atoms with Crippen LogP contribution in [0.2, 0.25) is 0 Å². The molecule has 6 nitrogen and oxygen atoms in total. The van der Waals surface area contributed by atoms with Gasteiger partial charge in [-0.1, -0.05) is 35.5 Å². The molecule has 168 valence electrons. The number of rotatable bonds is 6. The molecule has 0 spiro atoms. The minimum atomic E-state index is -0.553. The Morgan fingerprint density at radius 2 is 1.43 bits per heavy atom. The summed E-state index contributed by atoms with van der Waals surface area (Å²) in [7, 11) is 2.60. The molecule has 0 aliphatic heterocycles. The van der Waals surface area contributed by atoms with Gasteiger partial charge in [0.1, 0.15) is 24.8 Å². The number of benzene rings is 2. The fourth-order valence-corrected chi connectivity index (χ4v) is 1.74. The van der Waals surface area contributed by atoms with Gasteiger partial charge in [0.15, 0.2) is 0 Å². The molecule has 0 atom stereocenters. The van der Waals surface area contributed by atoms with Gasteiger partial charge >= 0.3 is 11.9 Å². The lowest BCUT2D eigenvalue weighted by Gasteiger charge is -2.04. The summed E-state index contributed by atoms with van der Waals surface area (Å²) in [6.07, 6.45) is 0. The van der Waals surface area contributed by atoms with E-state index < -0.39 is 18.6 Å². The number of halogens is 3. The number of hydrogen-bond donors (Lipinski definition) is 1. The van der Waals surface area contributed by atoms with Gasteiger partial charge in [0.2, 0.25) is 0 Å². The van der Waals surface area contributed by atoms with Crippen LogP contribution >= 0.6 is 15.9 Å². The number of carbonyl (C=O) groups excluding carboxylic acids is 2. The summed E-state index contributed by atoms with van der Waals surface area (Å²) >= 11 is 2.87. The van der Waals surface area contributed by atoms with E-state index >= 15 is 0 Å². The van der Waals surface area contributed by atoms with Gasteiger partial charge in [0, 0.05) is 5.33 Å². The van der Waals surface area contributed by atoms with Crippen molar-refractivity contribution in [1.29, 1.82) is 0 Å². The van der Waals surface area contributed by atoms with E-state index in [0.29, 0.717) is 22.2 Å². The molecule has 0 unspecified atom stereocenters. The molecule has 2 rings (SSSR count). The fourth-order valence-electron chi connectivity index (χ4n) is 1.74. The standard InChI is InChI=1S/C10H11FO3.C8H8O3.C2H4BrF.CH4/c1-13-10(12)8-3-2-4-9(7-8)14-6-5-11;1-11-8(10)6-3-2-4-7(9)5-6;3-1-2-4;/h2-4,7H,5-6H2,1H3;2-5,9H,1H3;1-2H2;1H4. The summed E-state index contributed by atoms with van der Waals surface area (Å²) in [5.41, 5.74) is 0.747. The van der Waals surface area contributed by atoms with E-state index in [4.69, 9.17) is 9.84 Å². The Hall–Kier alpha value is -2.68. The number of methoxy groups -OCH3 is 2. The summed E-state index contributed by atoms with van der Waals surface area (Å²) in [5.74, 6) is -0.352. The van der Waals surface area contributed by atoms with E-state index in [2.05, 4.69) is 25.4 Å². The lowest BCUT2D eigenvalue weighted by molar-refractivity contribution is 0.0591. The number of carbonyl (C=O) groups is 2. The number of alkyl halides is 3. The highest BCUT2D eigenvalue weighted by Crippen LogP contribution is 2.14. The first kappa shape index (κ1) is 29.5. The minimum absolute atomic E-state index is 0. The molecule has 1 N–H and O–H groups in total. The molecule has 0 saturated carbocycles. The van der Waals surface area contributed by atoms with Crippen LogP contribution in [0.4, 0.5) is 8.78 Å². The first-order valence-electron chi connectivity index (χ1n) is 8.29. The lowest BCUT2D eigenvalue weighted by Crippen LogP contribution is -2.03. The first-order chi connectivity index (χ1) is 13.9. The number of esters is 2. The Morgan fingerprint density at radius 3 is 1.87 bits per heavy atom. The molecule has 0 radical (unpaired) electrons. The first-order valence-corrected chi connectivity index (χ1v) is 9.42. The Kier molecular flexibility index (Phi) is 18.1. The molecule has 9 heteroatoms. The summed E-state index contributed by atoms with van der Waals surface area (Å²) in [6.45, 7) is -0.826. The van der Waals surface area contributed by atoms with Crippen molar-refractivity contribution in [2.45, 2.75) is 7.43 Å². The van der Waals surface area contributed by atoms with Crippen molar-refractivity contribution in [2.75, 3.05) is 39.5 Å². The van der Waals surface area contributed by atoms with Gasteiger partial charge in [-0.2, -0.15) is 0 Å². The Morgan fingerprint density at radius 1 is 0.933 bits per heavy atom. The van der Waals surface area contributed by atoms with E-state index in [0.717, 1.165) is 0 Å². The average molecular weight is 493 g/mol. The zero-order chi connectivity index (χ0) is 22.1. The molecule has 2 aromatic rings. The zero-order valence-corrected chi connectivity index (χ0v) is 17.7. The fraction of sp³-hybridized carbons (Fsp3) is 0.333. The van der Waals surface area contributed by atoms with Gasteiger partial charge in [-0.05, 0) is 36.4 Å². The second-order valence-electron chi connectivity index (χ2n) is 4.98. The van der Waals surface area contributed by atoms with Crippen molar-refractivity contribution < 1.29 is 37.7 Å². The summed E-state index contributed by atoms with van der Waals surface area (Å²) in [5, 5.41) is 9.41. The maximum atomic E-state index is 11.8. The van der Waals surface area contributed by atoms with Crippen LogP contribution < -0.4 is 4.74 Å². The number of ether oxygens (including phenoxy) is 3. The van der Waals surface area contributed by atoms with Crippen molar-refractivity contribution in [3.8, 4) is 11.5 Å². The lowest BCUT2D eigenvalue weighted by atomic mass is 10.2.